The van der Waals surface area contributed by atoms with Crippen molar-refractivity contribution in [2.45, 2.75) is 39.7 Å². The van der Waals surface area contributed by atoms with Gasteiger partial charge in [0.05, 0.1) is 12.2 Å². The third-order valence-electron chi connectivity index (χ3n) is 5.33. The number of likely N-dealkylation sites (tertiary alicyclic amines) is 1. The summed E-state index contributed by atoms with van der Waals surface area (Å²) in [6.45, 7) is 9.55. The van der Waals surface area contributed by atoms with Gasteiger partial charge in [-0.25, -0.2) is 4.98 Å². The van der Waals surface area contributed by atoms with E-state index < -0.39 is 0 Å². The minimum Gasteiger partial charge on any atom is -0.444 e. The topological polar surface area (TPSA) is 65.7 Å². The molecular weight excluding hydrogens is 350 g/mol. The van der Waals surface area contributed by atoms with Crippen molar-refractivity contribution in [1.29, 1.82) is 0 Å². The highest BCUT2D eigenvalue weighted by Gasteiger charge is 2.14. The molecule has 2 N–H and O–H groups in total. The predicted molar refractivity (Wildman–Crippen MR) is 114 cm³/mol. The lowest BCUT2D eigenvalue weighted by Crippen LogP contribution is -2.39. The Kier molecular flexibility index (Phi) is 7.48. The molecule has 0 amide bonds. The van der Waals surface area contributed by atoms with E-state index in [1.165, 1.54) is 31.5 Å². The highest BCUT2D eigenvalue weighted by Crippen LogP contribution is 2.19. The van der Waals surface area contributed by atoms with Crippen LogP contribution in [0.15, 0.2) is 39.9 Å². The number of hydrogen-bond acceptors (Lipinski definition) is 4. The summed E-state index contributed by atoms with van der Waals surface area (Å²) in [7, 11) is 1.79. The Hall–Kier alpha value is -2.34. The number of piperidine rings is 1. The second-order valence-corrected chi connectivity index (χ2v) is 7.74. The first-order chi connectivity index (χ1) is 13.6. The van der Waals surface area contributed by atoms with Crippen LogP contribution in [-0.4, -0.2) is 49.1 Å². The number of aromatic nitrogens is 1. The Labute approximate surface area is 168 Å². The molecule has 0 bridgehead atoms. The lowest BCUT2D eigenvalue weighted by Gasteiger charge is -2.30. The summed E-state index contributed by atoms with van der Waals surface area (Å²) >= 11 is 0. The number of aryl methyl sites for hydroxylation is 1. The van der Waals surface area contributed by atoms with E-state index in [0.29, 0.717) is 12.4 Å². The highest BCUT2D eigenvalue weighted by atomic mass is 16.3. The molecule has 0 saturated carbocycles. The molecule has 2 heterocycles. The van der Waals surface area contributed by atoms with E-state index in [9.17, 15) is 0 Å². The molecule has 1 aromatic heterocycles. The molecule has 28 heavy (non-hydrogen) atoms. The van der Waals surface area contributed by atoms with Crippen molar-refractivity contribution in [2.24, 2.45) is 10.9 Å². The number of hydrogen-bond donors (Lipinski definition) is 2. The van der Waals surface area contributed by atoms with Crippen LogP contribution in [0, 0.1) is 12.8 Å². The number of guanidine groups is 1. The lowest BCUT2D eigenvalue weighted by atomic mass is 9.99. The maximum atomic E-state index is 5.61. The Morgan fingerprint density at radius 3 is 2.68 bits per heavy atom. The van der Waals surface area contributed by atoms with E-state index in [2.05, 4.69) is 51.5 Å². The summed E-state index contributed by atoms with van der Waals surface area (Å²) in [5.41, 5.74) is 3.08. The van der Waals surface area contributed by atoms with Gasteiger partial charge in [0.25, 0.3) is 0 Å². The van der Waals surface area contributed by atoms with Gasteiger partial charge in [-0.2, -0.15) is 0 Å². The summed E-state index contributed by atoms with van der Waals surface area (Å²) in [6, 6.07) is 8.19. The fraction of sp³-hybridized carbons (Fsp3) is 0.545. The maximum absolute atomic E-state index is 5.61. The molecule has 0 spiro atoms. The van der Waals surface area contributed by atoms with Crippen molar-refractivity contribution in [2.75, 3.05) is 33.2 Å². The van der Waals surface area contributed by atoms with Crippen LogP contribution in [0.5, 0.6) is 0 Å². The van der Waals surface area contributed by atoms with Crippen LogP contribution in [0.25, 0.3) is 11.5 Å². The molecular formula is C22H33N5O. The SMILES string of the molecule is CN=C(NCCCN1CCC(C)CC1)NCc1coc(-c2ccc(C)cc2)n1. The minimum atomic E-state index is 0.582. The Balaban J connectivity index is 1.38. The van der Waals surface area contributed by atoms with Crippen molar-refractivity contribution in [3.8, 4) is 11.5 Å². The zero-order valence-electron chi connectivity index (χ0n) is 17.4. The first kappa shape index (κ1) is 20.4. The van der Waals surface area contributed by atoms with Crippen LogP contribution >= 0.6 is 0 Å². The van der Waals surface area contributed by atoms with Gasteiger partial charge in [0.15, 0.2) is 5.96 Å². The number of aliphatic imine (C=N–C) groups is 1. The molecule has 0 atom stereocenters. The third-order valence-corrected chi connectivity index (χ3v) is 5.33. The van der Waals surface area contributed by atoms with Gasteiger partial charge >= 0.3 is 0 Å². The van der Waals surface area contributed by atoms with Gasteiger partial charge in [-0.1, -0.05) is 24.6 Å². The number of oxazole rings is 1. The van der Waals surface area contributed by atoms with Crippen LogP contribution in [0.3, 0.4) is 0 Å². The number of nitrogens with zero attached hydrogens (tertiary/aromatic N) is 3. The Morgan fingerprint density at radius 1 is 1.21 bits per heavy atom. The zero-order valence-corrected chi connectivity index (χ0v) is 17.4. The average Bonchev–Trinajstić information content (AvgIpc) is 3.18. The van der Waals surface area contributed by atoms with Crippen LogP contribution < -0.4 is 10.6 Å². The lowest BCUT2D eigenvalue weighted by molar-refractivity contribution is 0.191. The average molecular weight is 384 g/mol. The van der Waals surface area contributed by atoms with Crippen molar-refractivity contribution in [3.63, 3.8) is 0 Å². The zero-order chi connectivity index (χ0) is 19.8. The van der Waals surface area contributed by atoms with Crippen molar-refractivity contribution >= 4 is 5.96 Å². The van der Waals surface area contributed by atoms with Gasteiger partial charge in [0.2, 0.25) is 5.89 Å². The molecule has 1 fully saturated rings. The van der Waals surface area contributed by atoms with Gasteiger partial charge < -0.3 is 20.0 Å². The molecule has 0 aliphatic carbocycles. The van der Waals surface area contributed by atoms with Crippen LogP contribution in [0.2, 0.25) is 0 Å². The number of rotatable bonds is 7. The summed E-state index contributed by atoms with van der Waals surface area (Å²) < 4.78 is 5.61. The van der Waals surface area contributed by atoms with E-state index in [0.717, 1.165) is 42.6 Å². The molecule has 6 nitrogen and oxygen atoms in total. The quantitative estimate of drug-likeness (QED) is 0.436. The third kappa shape index (κ3) is 6.09. The van der Waals surface area contributed by atoms with Gasteiger partial charge in [0, 0.05) is 19.2 Å². The standard InChI is InChI=1S/C22H33N5O/c1-17-5-7-19(8-6-17)21-26-20(16-28-21)15-25-22(23-3)24-11-4-12-27-13-9-18(2)10-14-27/h5-8,16,18H,4,9-15H2,1-3H3,(H2,23,24,25). The molecule has 0 unspecified atom stereocenters. The monoisotopic (exact) mass is 383 g/mol. The van der Waals surface area contributed by atoms with E-state index >= 15 is 0 Å². The van der Waals surface area contributed by atoms with Crippen LogP contribution in [0.4, 0.5) is 0 Å². The summed E-state index contributed by atoms with van der Waals surface area (Å²) in [5.74, 6) is 2.34. The number of nitrogens with one attached hydrogen (secondary N) is 2. The van der Waals surface area contributed by atoms with E-state index in [4.69, 9.17) is 4.42 Å². The molecule has 1 aromatic carbocycles. The molecule has 1 aliphatic rings. The van der Waals surface area contributed by atoms with Crippen molar-refractivity contribution < 1.29 is 4.42 Å². The molecule has 152 valence electrons. The molecule has 0 radical (unpaired) electrons. The summed E-state index contributed by atoms with van der Waals surface area (Å²) in [6.07, 6.45) is 5.49. The molecule has 3 rings (SSSR count). The van der Waals surface area contributed by atoms with Gasteiger partial charge in [0.1, 0.15) is 6.26 Å². The summed E-state index contributed by atoms with van der Waals surface area (Å²) in [5, 5.41) is 6.69. The van der Waals surface area contributed by atoms with Crippen LogP contribution in [-0.2, 0) is 6.54 Å². The maximum Gasteiger partial charge on any atom is 0.226 e. The predicted octanol–water partition coefficient (Wildman–Crippen LogP) is 3.44. The van der Waals surface area contributed by atoms with E-state index in [1.807, 2.05) is 12.1 Å². The molecule has 1 aliphatic heterocycles. The first-order valence-electron chi connectivity index (χ1n) is 10.3. The van der Waals surface area contributed by atoms with Crippen molar-refractivity contribution in [3.05, 3.63) is 41.8 Å². The van der Waals surface area contributed by atoms with E-state index in [-0.39, 0.29) is 0 Å². The number of benzene rings is 1. The molecule has 6 heteroatoms. The highest BCUT2D eigenvalue weighted by molar-refractivity contribution is 5.79. The van der Waals surface area contributed by atoms with Crippen LogP contribution in [0.1, 0.15) is 37.4 Å². The second-order valence-electron chi connectivity index (χ2n) is 7.74. The first-order valence-corrected chi connectivity index (χ1v) is 10.3. The molecule has 1 saturated heterocycles. The van der Waals surface area contributed by atoms with Gasteiger partial charge in [-0.15, -0.1) is 0 Å². The smallest absolute Gasteiger partial charge is 0.226 e. The van der Waals surface area contributed by atoms with Gasteiger partial charge in [-0.05, 0) is 63.9 Å². The molecule has 2 aromatic rings. The Morgan fingerprint density at radius 2 is 1.96 bits per heavy atom. The second kappa shape index (κ2) is 10.3. The fourth-order valence-corrected chi connectivity index (χ4v) is 3.41. The van der Waals surface area contributed by atoms with Crippen molar-refractivity contribution in [1.82, 2.24) is 20.5 Å². The summed E-state index contributed by atoms with van der Waals surface area (Å²) in [4.78, 5) is 11.4. The fourth-order valence-electron chi connectivity index (χ4n) is 3.41. The largest absolute Gasteiger partial charge is 0.444 e. The van der Waals surface area contributed by atoms with E-state index in [1.54, 1.807) is 13.3 Å². The Bertz CT molecular complexity index is 745. The van der Waals surface area contributed by atoms with Gasteiger partial charge in [-0.3, -0.25) is 4.99 Å². The minimum absolute atomic E-state index is 0.582. The normalized spacial score (nSPS) is 16.3.